The van der Waals surface area contributed by atoms with Crippen molar-refractivity contribution < 1.29 is 13.9 Å². The van der Waals surface area contributed by atoms with Crippen molar-refractivity contribution in [3.05, 3.63) is 36.2 Å². The molecule has 2 rings (SSSR count). The molecule has 0 bridgehead atoms. The monoisotopic (exact) mass is 307 g/mol. The van der Waals surface area contributed by atoms with Gasteiger partial charge in [-0.05, 0) is 27.7 Å². The van der Waals surface area contributed by atoms with Crippen LogP contribution in [-0.2, 0) is 4.74 Å². The Balaban J connectivity index is 2.06. The summed E-state index contributed by atoms with van der Waals surface area (Å²) in [5.74, 6) is -0.452. The molecular weight excluding hydrogens is 289 g/mol. The van der Waals surface area contributed by atoms with Crippen LogP contribution in [0.1, 0.15) is 26.5 Å². The predicted molar refractivity (Wildman–Crippen MR) is 79.0 cm³/mol. The number of amides is 1. The molecule has 2 heterocycles. The van der Waals surface area contributed by atoms with Crippen molar-refractivity contribution in [2.75, 3.05) is 5.43 Å². The van der Waals surface area contributed by atoms with E-state index in [2.05, 4.69) is 20.9 Å². The van der Waals surface area contributed by atoms with E-state index in [9.17, 15) is 9.18 Å². The molecule has 22 heavy (non-hydrogen) atoms. The maximum Gasteiger partial charge on any atom is 0.426 e. The van der Waals surface area contributed by atoms with E-state index in [1.807, 2.05) is 0 Å². The Hall–Kier alpha value is -2.64. The minimum Gasteiger partial charge on any atom is -0.443 e. The lowest BCUT2D eigenvalue weighted by Gasteiger charge is -2.19. The standard InChI is InChI=1S/C14H18FN5O2/c1-9-12(17-18-13(21)22-14(2,3)4)8-20(19-9)11-5-10(15)6-16-7-11/h5-8,17H,1-4H3,(H,18,21). The lowest BCUT2D eigenvalue weighted by Crippen LogP contribution is -2.35. The molecule has 0 unspecified atom stereocenters. The Morgan fingerprint density at radius 3 is 2.73 bits per heavy atom. The SMILES string of the molecule is Cc1nn(-c2cncc(F)c2)cc1NNC(=O)OC(C)(C)C. The highest BCUT2D eigenvalue weighted by atomic mass is 19.1. The number of aryl methyl sites for hydroxylation is 1. The van der Waals surface area contributed by atoms with Gasteiger partial charge in [0.05, 0.1) is 35.7 Å². The Kier molecular flexibility index (Phi) is 4.30. The van der Waals surface area contributed by atoms with Gasteiger partial charge in [0, 0.05) is 6.07 Å². The number of rotatable bonds is 3. The topological polar surface area (TPSA) is 81.1 Å². The summed E-state index contributed by atoms with van der Waals surface area (Å²) in [4.78, 5) is 15.4. The smallest absolute Gasteiger partial charge is 0.426 e. The van der Waals surface area contributed by atoms with Gasteiger partial charge in [-0.2, -0.15) is 5.10 Å². The number of carbonyl (C=O) groups excluding carboxylic acids is 1. The lowest BCUT2D eigenvalue weighted by molar-refractivity contribution is 0.0541. The Morgan fingerprint density at radius 1 is 1.36 bits per heavy atom. The molecule has 0 spiro atoms. The van der Waals surface area contributed by atoms with Gasteiger partial charge >= 0.3 is 6.09 Å². The van der Waals surface area contributed by atoms with Crippen LogP contribution in [0.25, 0.3) is 5.69 Å². The van der Waals surface area contributed by atoms with E-state index >= 15 is 0 Å². The highest BCUT2D eigenvalue weighted by Crippen LogP contribution is 2.16. The first-order chi connectivity index (χ1) is 10.2. The zero-order chi connectivity index (χ0) is 16.3. The van der Waals surface area contributed by atoms with Crippen LogP contribution in [0.2, 0.25) is 0 Å². The summed E-state index contributed by atoms with van der Waals surface area (Å²) in [5, 5.41) is 4.23. The summed E-state index contributed by atoms with van der Waals surface area (Å²) in [7, 11) is 0. The fourth-order valence-electron chi connectivity index (χ4n) is 1.66. The highest BCUT2D eigenvalue weighted by Gasteiger charge is 2.16. The van der Waals surface area contributed by atoms with E-state index in [4.69, 9.17) is 4.74 Å². The first-order valence-corrected chi connectivity index (χ1v) is 6.67. The largest absolute Gasteiger partial charge is 0.443 e. The number of nitrogens with one attached hydrogen (secondary N) is 2. The number of hydrogen-bond donors (Lipinski definition) is 2. The van der Waals surface area contributed by atoms with Gasteiger partial charge in [-0.15, -0.1) is 0 Å². The van der Waals surface area contributed by atoms with Crippen LogP contribution in [0, 0.1) is 12.7 Å². The number of hydrogen-bond acceptors (Lipinski definition) is 5. The number of halogens is 1. The summed E-state index contributed by atoms with van der Waals surface area (Å²) in [5.41, 5.74) is 6.22. The second-order valence-corrected chi connectivity index (χ2v) is 5.69. The number of pyridine rings is 1. The predicted octanol–water partition coefficient (Wildman–Crippen LogP) is 2.57. The molecule has 8 heteroatoms. The van der Waals surface area contributed by atoms with E-state index in [0.29, 0.717) is 17.1 Å². The first-order valence-electron chi connectivity index (χ1n) is 6.67. The molecular formula is C14H18FN5O2. The molecule has 0 aliphatic carbocycles. The van der Waals surface area contributed by atoms with Gasteiger partial charge in [0.15, 0.2) is 0 Å². The van der Waals surface area contributed by atoms with E-state index in [-0.39, 0.29) is 0 Å². The first kappa shape index (κ1) is 15.7. The van der Waals surface area contributed by atoms with Crippen molar-refractivity contribution in [1.82, 2.24) is 20.2 Å². The number of aromatic nitrogens is 3. The second-order valence-electron chi connectivity index (χ2n) is 5.69. The fraction of sp³-hybridized carbons (Fsp3) is 0.357. The average molecular weight is 307 g/mol. The van der Waals surface area contributed by atoms with Crippen molar-refractivity contribution in [1.29, 1.82) is 0 Å². The van der Waals surface area contributed by atoms with Gasteiger partial charge < -0.3 is 4.74 Å². The number of hydrazine groups is 1. The molecule has 2 aromatic heterocycles. The molecule has 0 aliphatic heterocycles. The third kappa shape index (κ3) is 4.18. The summed E-state index contributed by atoms with van der Waals surface area (Å²) < 4.78 is 19.7. The van der Waals surface area contributed by atoms with Crippen molar-refractivity contribution in [3.8, 4) is 5.69 Å². The summed E-state index contributed by atoms with van der Waals surface area (Å²) in [6, 6.07) is 1.31. The molecule has 0 saturated carbocycles. The molecule has 0 radical (unpaired) electrons. The quantitative estimate of drug-likeness (QED) is 0.852. The molecule has 2 N–H and O–H groups in total. The third-order valence-electron chi connectivity index (χ3n) is 2.55. The second kappa shape index (κ2) is 6.00. The van der Waals surface area contributed by atoms with E-state index < -0.39 is 17.5 Å². The molecule has 1 amide bonds. The molecule has 0 aromatic carbocycles. The van der Waals surface area contributed by atoms with Gasteiger partial charge in [-0.1, -0.05) is 0 Å². The molecule has 0 saturated heterocycles. The van der Waals surface area contributed by atoms with E-state index in [1.165, 1.54) is 16.9 Å². The van der Waals surface area contributed by atoms with Gasteiger partial charge in [-0.25, -0.2) is 19.3 Å². The normalized spacial score (nSPS) is 11.1. The van der Waals surface area contributed by atoms with Crippen LogP contribution in [0.5, 0.6) is 0 Å². The van der Waals surface area contributed by atoms with Gasteiger partial charge in [0.2, 0.25) is 0 Å². The van der Waals surface area contributed by atoms with Crippen molar-refractivity contribution in [2.45, 2.75) is 33.3 Å². The van der Waals surface area contributed by atoms with Crippen molar-refractivity contribution >= 4 is 11.8 Å². The van der Waals surface area contributed by atoms with Crippen LogP contribution >= 0.6 is 0 Å². The minimum atomic E-state index is -0.605. The molecule has 7 nitrogen and oxygen atoms in total. The van der Waals surface area contributed by atoms with E-state index in [1.54, 1.807) is 33.9 Å². The summed E-state index contributed by atoms with van der Waals surface area (Å²) in [6.45, 7) is 7.06. The van der Waals surface area contributed by atoms with Crippen LogP contribution in [0.15, 0.2) is 24.7 Å². The Bertz CT molecular complexity index is 678. The Morgan fingerprint density at radius 2 is 2.09 bits per heavy atom. The zero-order valence-corrected chi connectivity index (χ0v) is 12.8. The summed E-state index contributed by atoms with van der Waals surface area (Å²) in [6.07, 6.45) is 3.61. The van der Waals surface area contributed by atoms with Crippen molar-refractivity contribution in [3.63, 3.8) is 0 Å². The molecule has 0 aliphatic rings. The zero-order valence-electron chi connectivity index (χ0n) is 12.8. The number of anilines is 1. The van der Waals surface area contributed by atoms with E-state index in [0.717, 1.165) is 6.20 Å². The summed E-state index contributed by atoms with van der Waals surface area (Å²) >= 11 is 0. The van der Waals surface area contributed by atoms with Crippen LogP contribution in [0.4, 0.5) is 14.9 Å². The number of ether oxygens (including phenoxy) is 1. The Labute approximate surface area is 127 Å². The van der Waals surface area contributed by atoms with Crippen LogP contribution in [0.3, 0.4) is 0 Å². The van der Waals surface area contributed by atoms with Gasteiger partial charge in [-0.3, -0.25) is 10.4 Å². The van der Waals surface area contributed by atoms with Crippen molar-refractivity contribution in [2.24, 2.45) is 0 Å². The van der Waals surface area contributed by atoms with Crippen LogP contribution < -0.4 is 10.9 Å². The number of carbonyl (C=O) groups is 1. The maximum atomic E-state index is 13.2. The van der Waals surface area contributed by atoms with Gasteiger partial charge in [0.1, 0.15) is 11.4 Å². The lowest BCUT2D eigenvalue weighted by atomic mass is 10.2. The van der Waals surface area contributed by atoms with Crippen LogP contribution in [-0.4, -0.2) is 26.5 Å². The van der Waals surface area contributed by atoms with Gasteiger partial charge in [0.25, 0.3) is 0 Å². The molecule has 0 atom stereocenters. The highest BCUT2D eigenvalue weighted by molar-refractivity contribution is 5.70. The fourth-order valence-corrected chi connectivity index (χ4v) is 1.66. The molecule has 118 valence electrons. The number of nitrogens with zero attached hydrogens (tertiary/aromatic N) is 3. The average Bonchev–Trinajstić information content (AvgIpc) is 2.76. The molecule has 2 aromatic rings. The minimum absolute atomic E-state index is 0.452. The maximum absolute atomic E-state index is 13.2. The third-order valence-corrected chi connectivity index (χ3v) is 2.55. The molecule has 0 fully saturated rings.